The summed E-state index contributed by atoms with van der Waals surface area (Å²) in [5, 5.41) is 3.59. The molecule has 0 bridgehead atoms. The third kappa shape index (κ3) is 2.30. The summed E-state index contributed by atoms with van der Waals surface area (Å²) in [4.78, 5) is 25.2. The zero-order valence-corrected chi connectivity index (χ0v) is 9.59. The third-order valence-electron chi connectivity index (χ3n) is 2.89. The van der Waals surface area contributed by atoms with E-state index in [0.717, 1.165) is 12.8 Å². The van der Waals surface area contributed by atoms with Crippen molar-refractivity contribution < 1.29 is 18.8 Å². The van der Waals surface area contributed by atoms with Gasteiger partial charge in [-0.3, -0.25) is 4.79 Å². The highest BCUT2D eigenvalue weighted by Crippen LogP contribution is 2.20. The predicted octanol–water partition coefficient (Wildman–Crippen LogP) is 0.842. The summed E-state index contributed by atoms with van der Waals surface area (Å²) < 4.78 is 9.35. The molecule has 0 N–H and O–H groups in total. The average Bonchev–Trinajstić information content (AvgIpc) is 2.91. The van der Waals surface area contributed by atoms with Crippen LogP contribution < -0.4 is 0 Å². The number of amides is 1. The SMILES string of the molecule is COC(=O)[C@H]1CCCCN1C(=O)c1ccon1. The van der Waals surface area contributed by atoms with Gasteiger partial charge in [0, 0.05) is 12.6 Å². The largest absolute Gasteiger partial charge is 0.467 e. The van der Waals surface area contributed by atoms with Crippen LogP contribution in [0.15, 0.2) is 16.9 Å². The molecule has 2 heterocycles. The highest BCUT2D eigenvalue weighted by molar-refractivity contribution is 5.95. The van der Waals surface area contributed by atoms with Crippen molar-refractivity contribution in [3.8, 4) is 0 Å². The average molecular weight is 238 g/mol. The first-order chi connectivity index (χ1) is 8.24. The number of nitrogens with zero attached hydrogens (tertiary/aromatic N) is 2. The maximum Gasteiger partial charge on any atom is 0.328 e. The van der Waals surface area contributed by atoms with Gasteiger partial charge in [0.1, 0.15) is 12.3 Å². The summed E-state index contributed by atoms with van der Waals surface area (Å²) >= 11 is 0. The zero-order valence-electron chi connectivity index (χ0n) is 9.59. The number of carbonyl (C=O) groups is 2. The molecule has 1 aliphatic heterocycles. The Morgan fingerprint density at radius 1 is 1.53 bits per heavy atom. The van der Waals surface area contributed by atoms with Crippen LogP contribution in [0.5, 0.6) is 0 Å². The van der Waals surface area contributed by atoms with E-state index in [4.69, 9.17) is 4.74 Å². The van der Waals surface area contributed by atoms with Crippen molar-refractivity contribution in [2.75, 3.05) is 13.7 Å². The normalized spacial score (nSPS) is 20.1. The molecule has 17 heavy (non-hydrogen) atoms. The Morgan fingerprint density at radius 3 is 3.00 bits per heavy atom. The number of carbonyl (C=O) groups excluding carboxylic acids is 2. The minimum atomic E-state index is -0.502. The second kappa shape index (κ2) is 4.99. The first-order valence-electron chi connectivity index (χ1n) is 5.53. The van der Waals surface area contributed by atoms with E-state index in [-0.39, 0.29) is 17.6 Å². The zero-order chi connectivity index (χ0) is 12.3. The lowest BCUT2D eigenvalue weighted by Crippen LogP contribution is -2.48. The van der Waals surface area contributed by atoms with E-state index < -0.39 is 6.04 Å². The van der Waals surface area contributed by atoms with Crippen molar-refractivity contribution in [3.05, 3.63) is 18.0 Å². The van der Waals surface area contributed by atoms with Crippen molar-refractivity contribution in [2.24, 2.45) is 0 Å². The van der Waals surface area contributed by atoms with Gasteiger partial charge in [0.2, 0.25) is 0 Å². The molecule has 1 aromatic heterocycles. The lowest BCUT2D eigenvalue weighted by molar-refractivity contribution is -0.147. The first-order valence-corrected chi connectivity index (χ1v) is 5.53. The molecule has 92 valence electrons. The molecule has 1 amide bonds. The number of aromatic nitrogens is 1. The van der Waals surface area contributed by atoms with Gasteiger partial charge in [-0.2, -0.15) is 0 Å². The summed E-state index contributed by atoms with van der Waals surface area (Å²) in [6, 6.07) is 0.989. The molecule has 0 spiro atoms. The van der Waals surface area contributed by atoms with E-state index in [2.05, 4.69) is 9.68 Å². The van der Waals surface area contributed by atoms with Gasteiger partial charge in [-0.25, -0.2) is 4.79 Å². The minimum Gasteiger partial charge on any atom is -0.467 e. The molecule has 0 aliphatic carbocycles. The fourth-order valence-corrected chi connectivity index (χ4v) is 2.03. The van der Waals surface area contributed by atoms with E-state index in [1.807, 2.05) is 0 Å². The summed E-state index contributed by atoms with van der Waals surface area (Å²) in [5.41, 5.74) is 0.223. The van der Waals surface area contributed by atoms with Gasteiger partial charge >= 0.3 is 5.97 Å². The second-order valence-electron chi connectivity index (χ2n) is 3.92. The number of methoxy groups -OCH3 is 1. The lowest BCUT2D eigenvalue weighted by Gasteiger charge is -2.33. The van der Waals surface area contributed by atoms with Gasteiger partial charge < -0.3 is 14.2 Å². The molecule has 6 nitrogen and oxygen atoms in total. The number of piperidine rings is 1. The van der Waals surface area contributed by atoms with Crippen LogP contribution in [-0.2, 0) is 9.53 Å². The highest BCUT2D eigenvalue weighted by Gasteiger charge is 2.34. The van der Waals surface area contributed by atoms with Gasteiger partial charge in [0.15, 0.2) is 5.69 Å². The quantitative estimate of drug-likeness (QED) is 0.714. The van der Waals surface area contributed by atoms with E-state index in [9.17, 15) is 9.59 Å². The Balaban J connectivity index is 2.16. The number of hydrogen-bond acceptors (Lipinski definition) is 5. The van der Waals surface area contributed by atoms with Crippen LogP contribution in [-0.4, -0.2) is 41.6 Å². The van der Waals surface area contributed by atoms with Crippen LogP contribution >= 0.6 is 0 Å². The van der Waals surface area contributed by atoms with Crippen LogP contribution in [0.25, 0.3) is 0 Å². The van der Waals surface area contributed by atoms with Gasteiger partial charge in [0.05, 0.1) is 7.11 Å². The second-order valence-corrected chi connectivity index (χ2v) is 3.92. The van der Waals surface area contributed by atoms with Crippen LogP contribution in [0, 0.1) is 0 Å². The maximum absolute atomic E-state index is 12.1. The van der Waals surface area contributed by atoms with Crippen molar-refractivity contribution in [1.82, 2.24) is 10.1 Å². The molecule has 0 saturated carbocycles. The van der Waals surface area contributed by atoms with Crippen LogP contribution in [0.4, 0.5) is 0 Å². The molecular formula is C11H14N2O4. The molecule has 0 unspecified atom stereocenters. The van der Waals surface area contributed by atoms with E-state index in [1.54, 1.807) is 0 Å². The number of ether oxygens (including phenoxy) is 1. The summed E-state index contributed by atoms with van der Waals surface area (Å²) in [5.74, 6) is -0.657. The fraction of sp³-hybridized carbons (Fsp3) is 0.545. The number of esters is 1. The highest BCUT2D eigenvalue weighted by atomic mass is 16.5. The van der Waals surface area contributed by atoms with Gasteiger partial charge in [-0.15, -0.1) is 0 Å². The molecule has 1 fully saturated rings. The minimum absolute atomic E-state index is 0.223. The van der Waals surface area contributed by atoms with Crippen molar-refractivity contribution >= 4 is 11.9 Å². The van der Waals surface area contributed by atoms with Crippen molar-refractivity contribution in [1.29, 1.82) is 0 Å². The molecule has 6 heteroatoms. The Hall–Kier alpha value is -1.85. The van der Waals surface area contributed by atoms with E-state index in [0.29, 0.717) is 13.0 Å². The molecule has 1 aliphatic rings. The monoisotopic (exact) mass is 238 g/mol. The topological polar surface area (TPSA) is 72.6 Å². The van der Waals surface area contributed by atoms with Gasteiger partial charge in [-0.1, -0.05) is 5.16 Å². The maximum atomic E-state index is 12.1. The summed E-state index contributed by atoms with van der Waals surface area (Å²) in [7, 11) is 1.33. The molecule has 0 radical (unpaired) electrons. The molecule has 1 aromatic rings. The third-order valence-corrected chi connectivity index (χ3v) is 2.89. The van der Waals surface area contributed by atoms with Crippen LogP contribution in [0.1, 0.15) is 29.8 Å². The van der Waals surface area contributed by atoms with Crippen molar-refractivity contribution in [3.63, 3.8) is 0 Å². The van der Waals surface area contributed by atoms with Crippen LogP contribution in [0.2, 0.25) is 0 Å². The first kappa shape index (κ1) is 11.6. The Labute approximate surface area is 98.5 Å². The molecular weight excluding hydrogens is 224 g/mol. The standard InChI is InChI=1S/C11H14N2O4/c1-16-11(15)9-4-2-3-6-13(9)10(14)8-5-7-17-12-8/h5,7,9H,2-4,6H2,1H3/t9-/m1/s1. The van der Waals surface area contributed by atoms with E-state index in [1.165, 1.54) is 24.3 Å². The fourth-order valence-electron chi connectivity index (χ4n) is 2.03. The Kier molecular flexibility index (Phi) is 3.41. The van der Waals surface area contributed by atoms with Crippen molar-refractivity contribution in [2.45, 2.75) is 25.3 Å². The number of likely N-dealkylation sites (tertiary alicyclic amines) is 1. The number of hydrogen-bond donors (Lipinski definition) is 0. The summed E-state index contributed by atoms with van der Waals surface area (Å²) in [6.07, 6.45) is 3.78. The Morgan fingerprint density at radius 2 is 2.35 bits per heavy atom. The van der Waals surface area contributed by atoms with Gasteiger partial charge in [-0.05, 0) is 19.3 Å². The van der Waals surface area contributed by atoms with E-state index >= 15 is 0 Å². The summed E-state index contributed by atoms with van der Waals surface area (Å²) in [6.45, 7) is 0.547. The van der Waals surface area contributed by atoms with Crippen LogP contribution in [0.3, 0.4) is 0 Å². The lowest BCUT2D eigenvalue weighted by atomic mass is 10.0. The molecule has 1 atom stereocenters. The molecule has 0 aromatic carbocycles. The molecule has 1 saturated heterocycles. The van der Waals surface area contributed by atoms with Gasteiger partial charge in [0.25, 0.3) is 5.91 Å². The number of rotatable bonds is 2. The smallest absolute Gasteiger partial charge is 0.328 e. The Bertz CT molecular complexity index is 402. The predicted molar refractivity (Wildman–Crippen MR) is 57.2 cm³/mol. The molecule has 2 rings (SSSR count).